The fraction of sp³-hybridized carbons (Fsp3) is 0.577. The van der Waals surface area contributed by atoms with Gasteiger partial charge in [0, 0.05) is 26.6 Å². The van der Waals surface area contributed by atoms with Crippen molar-refractivity contribution in [2.24, 2.45) is 0 Å². The van der Waals surface area contributed by atoms with Crippen molar-refractivity contribution >= 4 is 11.5 Å². The molecule has 1 aliphatic rings. The molecule has 3 nitrogen and oxygen atoms in total. The number of hydrogen-bond donors (Lipinski definition) is 0. The Bertz CT molecular complexity index is 596. The largest absolute Gasteiger partial charge is 0.349 e. The number of nitrogens with zero attached hydrogens (tertiary/aromatic N) is 2. The molecule has 168 valence electrons. The molecule has 29 heavy (non-hydrogen) atoms. The first-order chi connectivity index (χ1) is 13.7. The van der Waals surface area contributed by atoms with Crippen LogP contribution in [0.3, 0.4) is 0 Å². The summed E-state index contributed by atoms with van der Waals surface area (Å²) in [5.41, 5.74) is 4.16. The van der Waals surface area contributed by atoms with Crippen molar-refractivity contribution in [1.29, 1.82) is 0 Å². The third-order valence-corrected chi connectivity index (χ3v) is 4.42. The first-order valence-electron chi connectivity index (χ1n) is 11.0. The molecule has 0 spiro atoms. The van der Waals surface area contributed by atoms with Gasteiger partial charge in [0.05, 0.1) is 0 Å². The van der Waals surface area contributed by atoms with Crippen LogP contribution in [0.15, 0.2) is 42.5 Å². The summed E-state index contributed by atoms with van der Waals surface area (Å²) in [6.07, 6.45) is 7.80. The van der Waals surface area contributed by atoms with Gasteiger partial charge in [-0.05, 0) is 51.1 Å². The second-order valence-corrected chi connectivity index (χ2v) is 6.71. The molecule has 0 saturated heterocycles. The second kappa shape index (κ2) is 18.2. The summed E-state index contributed by atoms with van der Waals surface area (Å²) in [4.78, 5) is 13.9. The molecule has 0 aliphatic heterocycles. The summed E-state index contributed by atoms with van der Waals surface area (Å²) in [5, 5.41) is 0. The second-order valence-electron chi connectivity index (χ2n) is 6.71. The SMILES string of the molecule is CC.CC.CC.CC(=O)N(C)C.CN(C)C(C)(C)c1ccccc1C1=CCC=C1. The zero-order chi connectivity index (χ0) is 23.6. The normalized spacial score (nSPS) is 11.3. The molecule has 2 rings (SSSR count). The van der Waals surface area contributed by atoms with E-state index in [1.165, 1.54) is 28.5 Å². The van der Waals surface area contributed by atoms with Gasteiger partial charge in [-0.15, -0.1) is 0 Å². The van der Waals surface area contributed by atoms with Crippen LogP contribution in [0, 0.1) is 0 Å². The Balaban J connectivity index is -0.000000475. The van der Waals surface area contributed by atoms with E-state index in [1.807, 2.05) is 41.5 Å². The van der Waals surface area contributed by atoms with Crippen LogP contribution >= 0.6 is 0 Å². The van der Waals surface area contributed by atoms with Crippen molar-refractivity contribution in [3.63, 3.8) is 0 Å². The molecular weight excluding hydrogens is 356 g/mol. The minimum absolute atomic E-state index is 0.0495. The molecule has 1 aliphatic carbocycles. The van der Waals surface area contributed by atoms with E-state index in [1.54, 1.807) is 14.1 Å². The van der Waals surface area contributed by atoms with Gasteiger partial charge < -0.3 is 9.80 Å². The molecule has 0 fully saturated rings. The molecule has 0 radical (unpaired) electrons. The van der Waals surface area contributed by atoms with Crippen LogP contribution in [0.4, 0.5) is 0 Å². The van der Waals surface area contributed by atoms with Crippen LogP contribution < -0.4 is 0 Å². The van der Waals surface area contributed by atoms with Crippen molar-refractivity contribution in [2.75, 3.05) is 28.2 Å². The lowest BCUT2D eigenvalue weighted by atomic mass is 9.86. The van der Waals surface area contributed by atoms with E-state index < -0.39 is 0 Å². The van der Waals surface area contributed by atoms with E-state index in [2.05, 4.69) is 75.3 Å². The van der Waals surface area contributed by atoms with Gasteiger partial charge in [-0.3, -0.25) is 4.79 Å². The summed E-state index contributed by atoms with van der Waals surface area (Å²) in [5.74, 6) is 0.0926. The molecule has 0 heterocycles. The third-order valence-electron chi connectivity index (χ3n) is 4.42. The van der Waals surface area contributed by atoms with Gasteiger partial charge in [0.1, 0.15) is 0 Å². The average molecular weight is 405 g/mol. The van der Waals surface area contributed by atoms with Gasteiger partial charge in [-0.2, -0.15) is 0 Å². The number of carbonyl (C=O) groups excluding carboxylic acids is 1. The maximum Gasteiger partial charge on any atom is 0.218 e. The van der Waals surface area contributed by atoms with Gasteiger partial charge in [0.25, 0.3) is 0 Å². The van der Waals surface area contributed by atoms with Crippen molar-refractivity contribution in [1.82, 2.24) is 9.80 Å². The fourth-order valence-electron chi connectivity index (χ4n) is 2.17. The Hall–Kier alpha value is -1.87. The summed E-state index contributed by atoms with van der Waals surface area (Å²) < 4.78 is 0. The van der Waals surface area contributed by atoms with Crippen LogP contribution in [0.2, 0.25) is 0 Å². The molecule has 0 saturated carbocycles. The number of amides is 1. The smallest absolute Gasteiger partial charge is 0.218 e. The molecule has 0 bridgehead atoms. The highest BCUT2D eigenvalue weighted by atomic mass is 16.2. The van der Waals surface area contributed by atoms with Crippen molar-refractivity contribution in [2.45, 2.75) is 74.3 Å². The first-order valence-corrected chi connectivity index (χ1v) is 11.0. The van der Waals surface area contributed by atoms with Crippen LogP contribution in [0.25, 0.3) is 5.57 Å². The molecule has 1 aromatic carbocycles. The highest BCUT2D eigenvalue weighted by Gasteiger charge is 2.26. The van der Waals surface area contributed by atoms with E-state index in [4.69, 9.17) is 0 Å². The first kappa shape index (κ1) is 31.8. The Kier molecular flexibility index (Phi) is 19.9. The standard InChI is InChI=1S/C16H21N.C4H9NO.3C2H6/c1-16(2,17(3)4)15-12-8-7-11-14(15)13-9-5-6-10-13;1-4(6)5(2)3;3*1-2/h5,7-12H,6H2,1-4H3;1-3H3;3*1-2H3. The highest BCUT2D eigenvalue weighted by molar-refractivity contribution is 5.78. The minimum Gasteiger partial charge on any atom is -0.349 e. The number of hydrogen-bond acceptors (Lipinski definition) is 2. The van der Waals surface area contributed by atoms with Gasteiger partial charge in [-0.25, -0.2) is 0 Å². The summed E-state index contributed by atoms with van der Waals surface area (Å²) in [7, 11) is 7.72. The average Bonchev–Trinajstić information content (AvgIpc) is 3.27. The van der Waals surface area contributed by atoms with E-state index >= 15 is 0 Å². The van der Waals surface area contributed by atoms with E-state index in [9.17, 15) is 4.79 Å². The maximum absolute atomic E-state index is 10.1. The van der Waals surface area contributed by atoms with Crippen molar-refractivity contribution in [3.8, 4) is 0 Å². The number of allylic oxidation sites excluding steroid dienone is 4. The topological polar surface area (TPSA) is 23.6 Å². The third kappa shape index (κ3) is 11.7. The number of carbonyl (C=O) groups is 1. The maximum atomic E-state index is 10.1. The number of benzene rings is 1. The monoisotopic (exact) mass is 404 g/mol. The molecule has 1 aromatic rings. The minimum atomic E-state index is 0.0495. The van der Waals surface area contributed by atoms with Gasteiger partial charge >= 0.3 is 0 Å². The Morgan fingerprint density at radius 3 is 1.69 bits per heavy atom. The van der Waals surface area contributed by atoms with Crippen molar-refractivity contribution in [3.05, 3.63) is 53.6 Å². The van der Waals surface area contributed by atoms with Crippen LogP contribution in [0.5, 0.6) is 0 Å². The van der Waals surface area contributed by atoms with Crippen molar-refractivity contribution < 1.29 is 4.79 Å². The Morgan fingerprint density at radius 2 is 1.34 bits per heavy atom. The Labute approximate surface area is 182 Å². The quantitative estimate of drug-likeness (QED) is 0.541. The van der Waals surface area contributed by atoms with Gasteiger partial charge in [0.15, 0.2) is 0 Å². The van der Waals surface area contributed by atoms with Crippen LogP contribution in [-0.4, -0.2) is 43.9 Å². The highest BCUT2D eigenvalue weighted by Crippen LogP contribution is 2.33. The molecular formula is C26H48N2O. The Morgan fingerprint density at radius 1 is 0.897 bits per heavy atom. The molecule has 0 N–H and O–H groups in total. The van der Waals surface area contributed by atoms with Crippen LogP contribution in [-0.2, 0) is 10.3 Å². The van der Waals surface area contributed by atoms with Gasteiger partial charge in [-0.1, -0.05) is 84.0 Å². The lowest BCUT2D eigenvalue weighted by Gasteiger charge is -2.35. The molecule has 0 atom stereocenters. The van der Waals surface area contributed by atoms with E-state index in [-0.39, 0.29) is 11.4 Å². The molecule has 0 aromatic heterocycles. The lowest BCUT2D eigenvalue weighted by Crippen LogP contribution is -2.36. The summed E-state index contributed by atoms with van der Waals surface area (Å²) >= 11 is 0. The molecule has 1 amide bonds. The summed E-state index contributed by atoms with van der Waals surface area (Å²) in [6, 6.07) is 8.71. The lowest BCUT2D eigenvalue weighted by molar-refractivity contribution is -0.126. The summed E-state index contributed by atoms with van der Waals surface area (Å²) in [6.45, 7) is 18.1. The molecule has 0 unspecified atom stereocenters. The van der Waals surface area contributed by atoms with Crippen LogP contribution in [0.1, 0.15) is 79.9 Å². The zero-order valence-corrected chi connectivity index (χ0v) is 21.6. The van der Waals surface area contributed by atoms with Gasteiger partial charge in [0.2, 0.25) is 5.91 Å². The predicted octanol–water partition coefficient (Wildman–Crippen LogP) is 7.00. The fourth-order valence-corrected chi connectivity index (χ4v) is 2.17. The predicted molar refractivity (Wildman–Crippen MR) is 133 cm³/mol. The van der Waals surface area contributed by atoms with E-state index in [0.29, 0.717) is 0 Å². The number of rotatable bonds is 3. The zero-order valence-electron chi connectivity index (χ0n) is 21.6. The molecule has 3 heteroatoms. The van der Waals surface area contributed by atoms with E-state index in [0.717, 1.165) is 6.42 Å².